The molecule has 3 heteroatoms. The molecule has 0 radical (unpaired) electrons. The van der Waals surface area contributed by atoms with Gasteiger partial charge < -0.3 is 5.32 Å². The van der Waals surface area contributed by atoms with E-state index < -0.39 is 0 Å². The number of nitrogens with one attached hydrogen (secondary N) is 1. The summed E-state index contributed by atoms with van der Waals surface area (Å²) in [6, 6.07) is 10.8. The van der Waals surface area contributed by atoms with Crippen LogP contribution in [-0.2, 0) is 11.3 Å². The van der Waals surface area contributed by atoms with E-state index in [0.717, 1.165) is 38.9 Å². The van der Waals surface area contributed by atoms with Crippen LogP contribution in [0.2, 0.25) is 0 Å². The molecule has 0 aliphatic carbocycles. The molecule has 0 saturated carbocycles. The number of carbonyl (C=O) groups is 1. The van der Waals surface area contributed by atoms with Gasteiger partial charge in [-0.1, -0.05) is 37.3 Å². The molecule has 1 aliphatic heterocycles. The maximum atomic E-state index is 12.2. The average Bonchev–Trinajstić information content (AvgIpc) is 2.48. The normalized spacial score (nSPS) is 21.4. The van der Waals surface area contributed by atoms with E-state index in [4.69, 9.17) is 0 Å². The van der Waals surface area contributed by atoms with E-state index in [2.05, 4.69) is 48.3 Å². The lowest BCUT2D eigenvalue weighted by atomic mass is 9.96. The number of likely N-dealkylation sites (tertiary alicyclic amines) is 1. The van der Waals surface area contributed by atoms with Gasteiger partial charge in [0.15, 0.2) is 0 Å². The first-order chi connectivity index (χ1) is 9.69. The van der Waals surface area contributed by atoms with Gasteiger partial charge in [-0.15, -0.1) is 0 Å². The van der Waals surface area contributed by atoms with Crippen molar-refractivity contribution in [1.29, 1.82) is 0 Å². The second kappa shape index (κ2) is 7.44. The van der Waals surface area contributed by atoms with Crippen LogP contribution in [0.4, 0.5) is 0 Å². The van der Waals surface area contributed by atoms with Crippen LogP contribution in [0.1, 0.15) is 38.7 Å². The lowest BCUT2D eigenvalue weighted by Gasteiger charge is -2.32. The SMILES string of the molecule is CC[C@H](C)NC(=O)[C@@H]1CCCN(Cc2ccccc2)C1. The largest absolute Gasteiger partial charge is 0.353 e. The molecule has 2 atom stereocenters. The monoisotopic (exact) mass is 274 g/mol. The second-order valence-corrected chi connectivity index (χ2v) is 5.88. The van der Waals surface area contributed by atoms with Gasteiger partial charge in [0.05, 0.1) is 5.92 Å². The third kappa shape index (κ3) is 4.34. The molecule has 2 rings (SSSR count). The van der Waals surface area contributed by atoms with E-state index in [1.165, 1.54) is 5.56 Å². The molecular weight excluding hydrogens is 248 g/mol. The van der Waals surface area contributed by atoms with Crippen LogP contribution in [0, 0.1) is 5.92 Å². The second-order valence-electron chi connectivity index (χ2n) is 5.88. The minimum absolute atomic E-state index is 0.154. The highest BCUT2D eigenvalue weighted by Gasteiger charge is 2.26. The average molecular weight is 274 g/mol. The highest BCUT2D eigenvalue weighted by Crippen LogP contribution is 2.19. The maximum absolute atomic E-state index is 12.2. The van der Waals surface area contributed by atoms with Crippen molar-refractivity contribution in [1.82, 2.24) is 10.2 Å². The Morgan fingerprint density at radius 1 is 1.40 bits per heavy atom. The van der Waals surface area contributed by atoms with Crippen LogP contribution in [0.3, 0.4) is 0 Å². The molecule has 0 unspecified atom stereocenters. The zero-order valence-electron chi connectivity index (χ0n) is 12.6. The number of hydrogen-bond acceptors (Lipinski definition) is 2. The van der Waals surface area contributed by atoms with Crippen molar-refractivity contribution in [2.75, 3.05) is 13.1 Å². The predicted molar refractivity (Wildman–Crippen MR) is 82.3 cm³/mol. The molecular formula is C17H26N2O. The lowest BCUT2D eigenvalue weighted by molar-refractivity contribution is -0.127. The van der Waals surface area contributed by atoms with Crippen LogP contribution in [-0.4, -0.2) is 29.9 Å². The Labute approximate surface area is 122 Å². The Kier molecular flexibility index (Phi) is 5.60. The summed E-state index contributed by atoms with van der Waals surface area (Å²) in [6.45, 7) is 7.11. The number of rotatable bonds is 5. The molecule has 1 heterocycles. The van der Waals surface area contributed by atoms with Gasteiger partial charge in [-0.25, -0.2) is 0 Å². The zero-order valence-corrected chi connectivity index (χ0v) is 12.6. The molecule has 0 bridgehead atoms. The van der Waals surface area contributed by atoms with Crippen molar-refractivity contribution in [3.63, 3.8) is 0 Å². The molecule has 1 N–H and O–H groups in total. The summed E-state index contributed by atoms with van der Waals surface area (Å²) in [4.78, 5) is 14.6. The number of benzene rings is 1. The van der Waals surface area contributed by atoms with Crippen molar-refractivity contribution < 1.29 is 4.79 Å². The number of nitrogens with zero attached hydrogens (tertiary/aromatic N) is 1. The maximum Gasteiger partial charge on any atom is 0.224 e. The number of piperidine rings is 1. The van der Waals surface area contributed by atoms with Gasteiger partial charge in [0, 0.05) is 19.1 Å². The van der Waals surface area contributed by atoms with E-state index in [9.17, 15) is 4.79 Å². The van der Waals surface area contributed by atoms with Crippen molar-refractivity contribution >= 4 is 5.91 Å². The summed E-state index contributed by atoms with van der Waals surface area (Å²) in [5, 5.41) is 3.12. The molecule has 1 aliphatic rings. The smallest absolute Gasteiger partial charge is 0.224 e. The molecule has 110 valence electrons. The molecule has 3 nitrogen and oxygen atoms in total. The zero-order chi connectivity index (χ0) is 14.4. The molecule has 20 heavy (non-hydrogen) atoms. The first-order valence-electron chi connectivity index (χ1n) is 7.75. The van der Waals surface area contributed by atoms with Crippen molar-refractivity contribution in [3.05, 3.63) is 35.9 Å². The van der Waals surface area contributed by atoms with Crippen LogP contribution < -0.4 is 5.32 Å². The fraction of sp³-hybridized carbons (Fsp3) is 0.588. The number of amides is 1. The molecule has 1 aromatic carbocycles. The summed E-state index contributed by atoms with van der Waals surface area (Å²) >= 11 is 0. The van der Waals surface area contributed by atoms with E-state index in [1.54, 1.807) is 0 Å². The minimum Gasteiger partial charge on any atom is -0.353 e. The quantitative estimate of drug-likeness (QED) is 0.895. The van der Waals surface area contributed by atoms with Crippen molar-refractivity contribution in [2.45, 2.75) is 45.7 Å². The fourth-order valence-corrected chi connectivity index (χ4v) is 2.72. The van der Waals surface area contributed by atoms with Gasteiger partial charge in [-0.05, 0) is 38.3 Å². The van der Waals surface area contributed by atoms with Crippen LogP contribution in [0.5, 0.6) is 0 Å². The van der Waals surface area contributed by atoms with Crippen molar-refractivity contribution in [2.24, 2.45) is 5.92 Å². The van der Waals surface area contributed by atoms with Crippen molar-refractivity contribution in [3.8, 4) is 0 Å². The molecule has 1 fully saturated rings. The lowest BCUT2D eigenvalue weighted by Crippen LogP contribution is -2.44. The van der Waals surface area contributed by atoms with Crippen LogP contribution in [0.15, 0.2) is 30.3 Å². The summed E-state index contributed by atoms with van der Waals surface area (Å²) in [7, 11) is 0. The Hall–Kier alpha value is -1.35. The summed E-state index contributed by atoms with van der Waals surface area (Å²) in [5.74, 6) is 0.388. The van der Waals surface area contributed by atoms with Gasteiger partial charge in [0.2, 0.25) is 5.91 Å². The highest BCUT2D eigenvalue weighted by molar-refractivity contribution is 5.79. The Bertz CT molecular complexity index is 418. The third-order valence-corrected chi connectivity index (χ3v) is 4.13. The predicted octanol–water partition coefficient (Wildman–Crippen LogP) is 2.81. The number of hydrogen-bond donors (Lipinski definition) is 1. The Morgan fingerprint density at radius 2 is 2.15 bits per heavy atom. The Balaban J connectivity index is 1.87. The van der Waals surface area contributed by atoms with Gasteiger partial charge in [0.25, 0.3) is 0 Å². The van der Waals surface area contributed by atoms with Crippen LogP contribution in [0.25, 0.3) is 0 Å². The van der Waals surface area contributed by atoms with Crippen LogP contribution >= 0.6 is 0 Å². The van der Waals surface area contributed by atoms with E-state index >= 15 is 0 Å². The topological polar surface area (TPSA) is 32.3 Å². The summed E-state index contributed by atoms with van der Waals surface area (Å²) < 4.78 is 0. The summed E-state index contributed by atoms with van der Waals surface area (Å²) in [5.41, 5.74) is 1.33. The molecule has 1 aromatic rings. The van der Waals surface area contributed by atoms with E-state index in [1.807, 2.05) is 6.07 Å². The minimum atomic E-state index is 0.154. The Morgan fingerprint density at radius 3 is 2.85 bits per heavy atom. The van der Waals surface area contributed by atoms with Gasteiger partial charge in [-0.2, -0.15) is 0 Å². The van der Waals surface area contributed by atoms with E-state index in [0.29, 0.717) is 0 Å². The van der Waals surface area contributed by atoms with Gasteiger partial charge in [-0.3, -0.25) is 9.69 Å². The first kappa shape index (κ1) is 15.0. The number of carbonyl (C=O) groups excluding carboxylic acids is 1. The first-order valence-corrected chi connectivity index (χ1v) is 7.75. The standard InChI is InChI=1S/C17H26N2O/c1-3-14(2)18-17(20)16-10-7-11-19(13-16)12-15-8-5-4-6-9-15/h4-6,8-9,14,16H,3,7,10-13H2,1-2H3,(H,18,20)/t14-,16+/m0/s1. The third-order valence-electron chi connectivity index (χ3n) is 4.13. The fourth-order valence-electron chi connectivity index (χ4n) is 2.72. The molecule has 1 saturated heterocycles. The highest BCUT2D eigenvalue weighted by atomic mass is 16.2. The summed E-state index contributed by atoms with van der Waals surface area (Å²) in [6.07, 6.45) is 3.13. The molecule has 0 spiro atoms. The van der Waals surface area contributed by atoms with Gasteiger partial charge in [0.1, 0.15) is 0 Å². The molecule has 0 aromatic heterocycles. The molecule has 1 amide bonds. The van der Waals surface area contributed by atoms with Gasteiger partial charge >= 0.3 is 0 Å². The van der Waals surface area contributed by atoms with E-state index in [-0.39, 0.29) is 17.9 Å².